The van der Waals surface area contributed by atoms with Crippen molar-refractivity contribution < 1.29 is 9.66 Å². The first kappa shape index (κ1) is 11.6. The largest absolute Gasteiger partial charge is 0.477 e. The number of nitro groups is 1. The Morgan fingerprint density at radius 1 is 1.80 bits per heavy atom. The summed E-state index contributed by atoms with van der Waals surface area (Å²) in [4.78, 5) is 13.9. The van der Waals surface area contributed by atoms with Gasteiger partial charge in [0.15, 0.2) is 0 Å². The molecule has 80 valence electrons. The molecule has 0 aliphatic heterocycles. The molecule has 0 aliphatic carbocycles. The highest BCUT2D eigenvalue weighted by Gasteiger charge is 2.20. The number of pyridine rings is 1. The Morgan fingerprint density at radius 3 is 3.00 bits per heavy atom. The molecule has 0 spiro atoms. The minimum atomic E-state index is -0.597. The van der Waals surface area contributed by atoms with Gasteiger partial charge in [-0.3, -0.25) is 15.5 Å². The molecule has 15 heavy (non-hydrogen) atoms. The van der Waals surface area contributed by atoms with Crippen molar-refractivity contribution in [3.8, 4) is 0 Å². The van der Waals surface area contributed by atoms with Crippen molar-refractivity contribution in [2.45, 2.75) is 6.92 Å². The van der Waals surface area contributed by atoms with Crippen LogP contribution in [0.4, 0.5) is 5.69 Å². The van der Waals surface area contributed by atoms with Crippen LogP contribution in [-0.4, -0.2) is 22.4 Å². The van der Waals surface area contributed by atoms with E-state index in [-0.39, 0.29) is 23.9 Å². The lowest BCUT2D eigenvalue weighted by Crippen LogP contribution is -2.10. The second-order valence-electron chi connectivity index (χ2n) is 2.54. The van der Waals surface area contributed by atoms with Gasteiger partial charge in [-0.1, -0.05) is 0 Å². The zero-order chi connectivity index (χ0) is 11.4. The number of halogens is 1. The van der Waals surface area contributed by atoms with Gasteiger partial charge in [0.05, 0.1) is 11.5 Å². The number of hydrogen-bond acceptors (Lipinski definition) is 5. The maximum Gasteiger partial charge on any atom is 0.301 e. The number of nitrogens with zero attached hydrogens (tertiary/aromatic N) is 2. The Kier molecular flexibility index (Phi) is 3.73. The third-order valence-electron chi connectivity index (χ3n) is 1.53. The lowest BCUT2D eigenvalue weighted by molar-refractivity contribution is -0.385. The standard InChI is InChI=1S/C8H8BrN3O3/c1-2-15-8(10)7-6(12(13)14)3-5(9)4-11-7/h3-4,10H,2H2,1H3. The third kappa shape index (κ3) is 2.72. The van der Waals surface area contributed by atoms with E-state index in [1.54, 1.807) is 6.92 Å². The van der Waals surface area contributed by atoms with Crippen molar-refractivity contribution in [1.29, 1.82) is 5.41 Å². The van der Waals surface area contributed by atoms with E-state index >= 15 is 0 Å². The fourth-order valence-corrected chi connectivity index (χ4v) is 1.27. The molecule has 6 nitrogen and oxygen atoms in total. The third-order valence-corrected chi connectivity index (χ3v) is 1.97. The fourth-order valence-electron chi connectivity index (χ4n) is 0.955. The molecule has 0 aliphatic rings. The van der Waals surface area contributed by atoms with Gasteiger partial charge >= 0.3 is 5.69 Å². The van der Waals surface area contributed by atoms with E-state index in [0.717, 1.165) is 0 Å². The molecule has 1 N–H and O–H groups in total. The molecule has 0 unspecified atom stereocenters. The van der Waals surface area contributed by atoms with E-state index in [0.29, 0.717) is 4.47 Å². The average molecular weight is 274 g/mol. The predicted molar refractivity (Wildman–Crippen MR) is 57.0 cm³/mol. The first-order valence-electron chi connectivity index (χ1n) is 4.08. The molecular formula is C8H8BrN3O3. The highest BCUT2D eigenvalue weighted by atomic mass is 79.9. The van der Waals surface area contributed by atoms with Crippen LogP contribution < -0.4 is 0 Å². The van der Waals surface area contributed by atoms with Crippen LogP contribution >= 0.6 is 15.9 Å². The molecule has 1 rings (SSSR count). The van der Waals surface area contributed by atoms with Crippen LogP contribution in [0.15, 0.2) is 16.7 Å². The summed E-state index contributed by atoms with van der Waals surface area (Å²) in [5.74, 6) is -0.295. The number of rotatable bonds is 3. The monoisotopic (exact) mass is 273 g/mol. The van der Waals surface area contributed by atoms with E-state index in [4.69, 9.17) is 10.1 Å². The first-order valence-corrected chi connectivity index (χ1v) is 4.87. The molecule has 0 saturated heterocycles. The molecule has 0 amide bonds. The van der Waals surface area contributed by atoms with Crippen LogP contribution in [0.5, 0.6) is 0 Å². The zero-order valence-corrected chi connectivity index (χ0v) is 9.44. The van der Waals surface area contributed by atoms with Crippen LogP contribution in [0.25, 0.3) is 0 Å². The molecule has 1 heterocycles. The Morgan fingerprint density at radius 2 is 2.47 bits per heavy atom. The van der Waals surface area contributed by atoms with E-state index in [1.165, 1.54) is 12.3 Å². The SMILES string of the molecule is CCOC(=N)c1ncc(Br)cc1[N+](=O)[O-]. The number of nitrogens with one attached hydrogen (secondary N) is 1. The van der Waals surface area contributed by atoms with Crippen molar-refractivity contribution in [1.82, 2.24) is 4.98 Å². The Labute approximate surface area is 94.1 Å². The van der Waals surface area contributed by atoms with Gasteiger partial charge in [-0.15, -0.1) is 0 Å². The molecule has 0 atom stereocenters. The molecule has 1 aromatic heterocycles. The highest BCUT2D eigenvalue weighted by molar-refractivity contribution is 9.10. The van der Waals surface area contributed by atoms with Gasteiger partial charge in [0.1, 0.15) is 0 Å². The van der Waals surface area contributed by atoms with Gasteiger partial charge in [0.25, 0.3) is 0 Å². The predicted octanol–water partition coefficient (Wildman–Crippen LogP) is 2.11. The Hall–Kier alpha value is -1.50. The topological polar surface area (TPSA) is 89.1 Å². The quantitative estimate of drug-likeness (QED) is 0.395. The lowest BCUT2D eigenvalue weighted by atomic mass is 10.3. The summed E-state index contributed by atoms with van der Waals surface area (Å²) in [6.45, 7) is 1.97. The summed E-state index contributed by atoms with van der Waals surface area (Å²) >= 11 is 3.07. The maximum absolute atomic E-state index is 10.7. The maximum atomic E-state index is 10.7. The summed E-state index contributed by atoms with van der Waals surface area (Å²) in [6, 6.07) is 1.29. The van der Waals surface area contributed by atoms with Crippen LogP contribution in [-0.2, 0) is 4.74 Å². The van der Waals surface area contributed by atoms with Crippen LogP contribution in [0.1, 0.15) is 12.6 Å². The molecule has 0 fully saturated rings. The average Bonchev–Trinajstić information content (AvgIpc) is 2.17. The molecule has 0 saturated carbocycles. The smallest absolute Gasteiger partial charge is 0.301 e. The second kappa shape index (κ2) is 4.83. The first-order chi connectivity index (χ1) is 7.06. The minimum absolute atomic E-state index is 0.0648. The molecule has 7 heteroatoms. The van der Waals surface area contributed by atoms with Crippen LogP contribution in [0, 0.1) is 15.5 Å². The zero-order valence-electron chi connectivity index (χ0n) is 7.86. The number of hydrogen-bond donors (Lipinski definition) is 1. The summed E-state index contributed by atoms with van der Waals surface area (Å²) < 4.78 is 5.35. The van der Waals surface area contributed by atoms with Crippen molar-refractivity contribution in [3.63, 3.8) is 0 Å². The van der Waals surface area contributed by atoms with Gasteiger partial charge < -0.3 is 4.74 Å². The van der Waals surface area contributed by atoms with Crippen LogP contribution in [0.2, 0.25) is 0 Å². The van der Waals surface area contributed by atoms with Gasteiger partial charge in [-0.2, -0.15) is 0 Å². The van der Waals surface area contributed by atoms with E-state index < -0.39 is 4.92 Å². The van der Waals surface area contributed by atoms with Gasteiger partial charge in [0.2, 0.25) is 11.6 Å². The molecule has 1 aromatic rings. The summed E-state index contributed by atoms with van der Waals surface area (Å²) in [5, 5.41) is 18.1. The van der Waals surface area contributed by atoms with Crippen molar-refractivity contribution in [3.05, 3.63) is 32.5 Å². The van der Waals surface area contributed by atoms with E-state index in [2.05, 4.69) is 20.9 Å². The normalized spacial score (nSPS) is 9.73. The number of ether oxygens (including phenoxy) is 1. The van der Waals surface area contributed by atoms with E-state index in [1.807, 2.05) is 0 Å². The lowest BCUT2D eigenvalue weighted by Gasteiger charge is -2.04. The molecule has 0 radical (unpaired) electrons. The van der Waals surface area contributed by atoms with Crippen molar-refractivity contribution in [2.75, 3.05) is 6.61 Å². The van der Waals surface area contributed by atoms with Crippen LogP contribution in [0.3, 0.4) is 0 Å². The van der Waals surface area contributed by atoms with Gasteiger partial charge in [-0.25, -0.2) is 4.98 Å². The molecule has 0 bridgehead atoms. The van der Waals surface area contributed by atoms with Gasteiger partial charge in [-0.05, 0) is 22.9 Å². The number of aromatic nitrogens is 1. The fraction of sp³-hybridized carbons (Fsp3) is 0.250. The molecular weight excluding hydrogens is 266 g/mol. The summed E-state index contributed by atoms with van der Waals surface area (Å²) in [6.07, 6.45) is 1.38. The Balaban J connectivity index is 3.17. The second-order valence-corrected chi connectivity index (χ2v) is 3.46. The Bertz CT molecular complexity index is 408. The highest BCUT2D eigenvalue weighted by Crippen LogP contribution is 2.21. The van der Waals surface area contributed by atoms with Gasteiger partial charge in [0, 0.05) is 16.7 Å². The summed E-state index contributed by atoms with van der Waals surface area (Å²) in [7, 11) is 0. The van der Waals surface area contributed by atoms with E-state index in [9.17, 15) is 10.1 Å². The van der Waals surface area contributed by atoms with Crippen molar-refractivity contribution in [2.24, 2.45) is 0 Å². The molecule has 0 aromatic carbocycles. The van der Waals surface area contributed by atoms with Crippen molar-refractivity contribution >= 4 is 27.5 Å². The summed E-state index contributed by atoms with van der Waals surface area (Å²) in [5.41, 5.74) is -0.312. The minimum Gasteiger partial charge on any atom is -0.477 e.